The fraction of sp³-hybridized carbons (Fsp3) is 0.750. The van der Waals surface area contributed by atoms with Crippen LogP contribution in [0.4, 0.5) is 0 Å². The van der Waals surface area contributed by atoms with Gasteiger partial charge in [0.1, 0.15) is 0 Å². The summed E-state index contributed by atoms with van der Waals surface area (Å²) in [6.07, 6.45) is 6.48. The first-order chi connectivity index (χ1) is 10.7. The molecular weight excluding hydrogens is 296 g/mol. The van der Waals surface area contributed by atoms with E-state index in [2.05, 4.69) is 27.1 Å². The quantitative estimate of drug-likeness (QED) is 0.894. The monoisotopic (exact) mass is 322 g/mol. The molecule has 2 saturated heterocycles. The Hall–Kier alpha value is -0.980. The largest absolute Gasteiger partial charge is 0.354 e. The first kappa shape index (κ1) is 15.9. The Kier molecular flexibility index (Phi) is 5.44. The lowest BCUT2D eigenvalue weighted by molar-refractivity contribution is -0.125. The van der Waals surface area contributed by atoms with Crippen molar-refractivity contribution in [2.45, 2.75) is 38.3 Å². The lowest BCUT2D eigenvalue weighted by atomic mass is 9.96. The minimum Gasteiger partial charge on any atom is -0.354 e. The molecular formula is C16H26N4OS. The fourth-order valence-electron chi connectivity index (χ4n) is 3.49. The Bertz CT molecular complexity index is 471. The molecule has 6 heteroatoms. The van der Waals surface area contributed by atoms with Crippen molar-refractivity contribution in [2.75, 3.05) is 33.2 Å². The van der Waals surface area contributed by atoms with Crippen molar-refractivity contribution in [2.24, 2.45) is 5.92 Å². The van der Waals surface area contributed by atoms with Crippen LogP contribution in [0, 0.1) is 5.92 Å². The molecule has 0 unspecified atom stereocenters. The van der Waals surface area contributed by atoms with E-state index in [4.69, 9.17) is 0 Å². The molecule has 1 atom stereocenters. The zero-order chi connectivity index (χ0) is 15.4. The van der Waals surface area contributed by atoms with E-state index in [-0.39, 0.29) is 11.9 Å². The van der Waals surface area contributed by atoms with Gasteiger partial charge >= 0.3 is 0 Å². The highest BCUT2D eigenvalue weighted by molar-refractivity contribution is 7.09. The number of aromatic nitrogens is 1. The van der Waals surface area contributed by atoms with E-state index >= 15 is 0 Å². The molecule has 1 amide bonds. The van der Waals surface area contributed by atoms with E-state index in [0.29, 0.717) is 5.92 Å². The minimum atomic E-state index is 0.103. The predicted octanol–water partition coefficient (Wildman–Crippen LogP) is 1.57. The fourth-order valence-corrected chi connectivity index (χ4v) is 4.13. The van der Waals surface area contributed by atoms with Gasteiger partial charge in [0, 0.05) is 24.2 Å². The molecule has 0 spiro atoms. The maximum atomic E-state index is 12.2. The van der Waals surface area contributed by atoms with Crippen molar-refractivity contribution in [3.05, 3.63) is 16.6 Å². The van der Waals surface area contributed by atoms with Crippen LogP contribution in [0.3, 0.4) is 0 Å². The summed E-state index contributed by atoms with van der Waals surface area (Å²) in [5.74, 6) is 0.862. The average molecular weight is 322 g/mol. The van der Waals surface area contributed by atoms with Crippen LogP contribution in [0.25, 0.3) is 0 Å². The van der Waals surface area contributed by atoms with Gasteiger partial charge in [0.2, 0.25) is 5.91 Å². The Balaban J connectivity index is 1.36. The molecule has 122 valence electrons. The van der Waals surface area contributed by atoms with Gasteiger partial charge in [-0.15, -0.1) is 11.3 Å². The molecule has 0 aliphatic carbocycles. The van der Waals surface area contributed by atoms with Gasteiger partial charge in [0.25, 0.3) is 0 Å². The molecule has 0 bridgehead atoms. The molecule has 2 aliphatic heterocycles. The van der Waals surface area contributed by atoms with Crippen LogP contribution in [0.1, 0.15) is 30.6 Å². The third kappa shape index (κ3) is 4.06. The first-order valence-corrected chi connectivity index (χ1v) is 9.18. The molecule has 3 rings (SSSR count). The molecule has 2 fully saturated rings. The van der Waals surface area contributed by atoms with Crippen LogP contribution in [0.5, 0.6) is 0 Å². The number of nitrogens with one attached hydrogen (secondary N) is 1. The molecule has 0 radical (unpaired) electrons. The van der Waals surface area contributed by atoms with Crippen molar-refractivity contribution in [3.63, 3.8) is 0 Å². The van der Waals surface area contributed by atoms with Gasteiger partial charge in [0.05, 0.1) is 11.6 Å². The lowest BCUT2D eigenvalue weighted by Crippen LogP contribution is -2.44. The second kappa shape index (κ2) is 7.53. The summed E-state index contributed by atoms with van der Waals surface area (Å²) in [5.41, 5.74) is 1.90. The average Bonchev–Trinajstić information content (AvgIpc) is 3.18. The molecule has 22 heavy (non-hydrogen) atoms. The number of piperidine rings is 1. The SMILES string of the molecule is CN1CCC[C@@H]1C(=O)NCC1CCN(Cc2cncs2)CC1. The number of hydrogen-bond acceptors (Lipinski definition) is 5. The Morgan fingerprint density at radius 1 is 1.36 bits per heavy atom. The highest BCUT2D eigenvalue weighted by Crippen LogP contribution is 2.20. The van der Waals surface area contributed by atoms with Crippen molar-refractivity contribution < 1.29 is 4.79 Å². The number of rotatable bonds is 5. The predicted molar refractivity (Wildman–Crippen MR) is 88.8 cm³/mol. The maximum absolute atomic E-state index is 12.2. The Labute approximate surface area is 136 Å². The number of thiazole rings is 1. The topological polar surface area (TPSA) is 48.5 Å². The smallest absolute Gasteiger partial charge is 0.237 e. The summed E-state index contributed by atoms with van der Waals surface area (Å²) < 4.78 is 0. The van der Waals surface area contributed by atoms with Gasteiger partial charge in [-0.2, -0.15) is 0 Å². The third-order valence-corrected chi connectivity index (χ3v) is 5.72. The molecule has 1 aromatic heterocycles. The van der Waals surface area contributed by atoms with E-state index < -0.39 is 0 Å². The Morgan fingerprint density at radius 3 is 2.82 bits per heavy atom. The summed E-state index contributed by atoms with van der Waals surface area (Å²) in [6, 6.07) is 0.103. The zero-order valence-corrected chi connectivity index (χ0v) is 14.1. The van der Waals surface area contributed by atoms with Crippen LogP contribution in [0.2, 0.25) is 0 Å². The van der Waals surface area contributed by atoms with E-state index in [1.165, 1.54) is 17.7 Å². The summed E-state index contributed by atoms with van der Waals surface area (Å²) >= 11 is 1.73. The van der Waals surface area contributed by atoms with Crippen molar-refractivity contribution >= 4 is 17.2 Å². The van der Waals surface area contributed by atoms with Gasteiger partial charge in [-0.1, -0.05) is 0 Å². The first-order valence-electron chi connectivity index (χ1n) is 8.30. The van der Waals surface area contributed by atoms with E-state index in [0.717, 1.165) is 45.6 Å². The summed E-state index contributed by atoms with van der Waals surface area (Å²) in [5, 5.41) is 3.18. The highest BCUT2D eigenvalue weighted by Gasteiger charge is 2.28. The summed E-state index contributed by atoms with van der Waals surface area (Å²) in [7, 11) is 2.05. The Morgan fingerprint density at radius 2 is 2.18 bits per heavy atom. The van der Waals surface area contributed by atoms with E-state index in [9.17, 15) is 4.79 Å². The molecule has 5 nitrogen and oxygen atoms in total. The van der Waals surface area contributed by atoms with Gasteiger partial charge < -0.3 is 5.32 Å². The molecule has 0 aromatic carbocycles. The summed E-state index contributed by atoms with van der Waals surface area (Å²) in [4.78, 5) is 22.4. The minimum absolute atomic E-state index is 0.103. The van der Waals surface area contributed by atoms with E-state index in [1.807, 2.05) is 11.7 Å². The lowest BCUT2D eigenvalue weighted by Gasteiger charge is -2.32. The number of carbonyl (C=O) groups excluding carboxylic acids is 1. The van der Waals surface area contributed by atoms with Crippen LogP contribution in [-0.2, 0) is 11.3 Å². The summed E-state index contributed by atoms with van der Waals surface area (Å²) in [6.45, 7) is 5.17. The van der Waals surface area contributed by atoms with Gasteiger partial charge in [-0.3, -0.25) is 19.6 Å². The van der Waals surface area contributed by atoms with Gasteiger partial charge in [-0.25, -0.2) is 0 Å². The van der Waals surface area contributed by atoms with Gasteiger partial charge in [-0.05, 0) is 58.3 Å². The number of amides is 1. The van der Waals surface area contributed by atoms with Crippen LogP contribution < -0.4 is 5.32 Å². The molecule has 1 aromatic rings. The number of likely N-dealkylation sites (tertiary alicyclic amines) is 2. The third-order valence-electron chi connectivity index (χ3n) is 4.96. The molecule has 2 aliphatic rings. The van der Waals surface area contributed by atoms with Crippen LogP contribution in [-0.4, -0.2) is 60.0 Å². The number of nitrogens with zero attached hydrogens (tertiary/aromatic N) is 3. The second-order valence-corrected chi connectivity index (χ2v) is 7.54. The van der Waals surface area contributed by atoms with Crippen molar-refractivity contribution in [3.8, 4) is 0 Å². The van der Waals surface area contributed by atoms with Crippen molar-refractivity contribution in [1.82, 2.24) is 20.1 Å². The molecule has 1 N–H and O–H groups in total. The van der Waals surface area contributed by atoms with Crippen molar-refractivity contribution in [1.29, 1.82) is 0 Å². The van der Waals surface area contributed by atoms with Crippen LogP contribution in [0.15, 0.2) is 11.7 Å². The normalized spacial score (nSPS) is 24.7. The van der Waals surface area contributed by atoms with Gasteiger partial charge in [0.15, 0.2) is 0 Å². The second-order valence-electron chi connectivity index (χ2n) is 6.57. The number of hydrogen-bond donors (Lipinski definition) is 1. The highest BCUT2D eigenvalue weighted by atomic mass is 32.1. The number of carbonyl (C=O) groups is 1. The standard InChI is InChI=1S/C16H26N4OS/c1-19-6-2-3-15(19)16(21)18-9-13-4-7-20(8-5-13)11-14-10-17-12-22-14/h10,12-13,15H,2-9,11H2,1H3,(H,18,21)/t15-/m1/s1. The van der Waals surface area contributed by atoms with E-state index in [1.54, 1.807) is 11.3 Å². The zero-order valence-electron chi connectivity index (χ0n) is 13.3. The number of likely N-dealkylation sites (N-methyl/N-ethyl adjacent to an activating group) is 1. The van der Waals surface area contributed by atoms with Crippen LogP contribution >= 0.6 is 11.3 Å². The molecule has 3 heterocycles. The maximum Gasteiger partial charge on any atom is 0.237 e. The molecule has 0 saturated carbocycles.